The first-order valence-corrected chi connectivity index (χ1v) is 9.88. The van der Waals surface area contributed by atoms with Gasteiger partial charge in [0.25, 0.3) is 0 Å². The molecule has 0 aliphatic heterocycles. The number of hydrogen-bond acceptors (Lipinski definition) is 4. The number of benzene rings is 3. The van der Waals surface area contributed by atoms with Gasteiger partial charge in [0, 0.05) is 5.69 Å². The third kappa shape index (κ3) is 7.08. The molecule has 0 unspecified atom stereocenters. The quantitative estimate of drug-likeness (QED) is 0.298. The number of hydrazone groups is 1. The molecule has 0 aliphatic rings. The smallest absolute Gasteiger partial charge is 0.417 e. The maximum absolute atomic E-state index is 12.9. The van der Waals surface area contributed by atoms with Crippen LogP contribution < -0.4 is 15.5 Å². The maximum Gasteiger partial charge on any atom is 0.417 e. The molecule has 3 rings (SSSR count). The van der Waals surface area contributed by atoms with Crippen molar-refractivity contribution in [2.75, 3.05) is 5.32 Å². The number of nitrogens with zero attached hydrogens (tertiary/aromatic N) is 1. The molecule has 0 aromatic heterocycles. The molecule has 33 heavy (non-hydrogen) atoms. The van der Waals surface area contributed by atoms with Gasteiger partial charge >= 0.3 is 18.0 Å². The van der Waals surface area contributed by atoms with E-state index in [9.17, 15) is 22.8 Å². The largest absolute Gasteiger partial charge is 0.489 e. The molecule has 0 radical (unpaired) electrons. The van der Waals surface area contributed by atoms with Crippen LogP contribution in [0.5, 0.6) is 5.75 Å². The van der Waals surface area contributed by atoms with E-state index < -0.39 is 28.6 Å². The third-order valence-corrected chi connectivity index (χ3v) is 4.55. The highest BCUT2D eigenvalue weighted by molar-refractivity contribution is 6.39. The van der Waals surface area contributed by atoms with Gasteiger partial charge in [-0.1, -0.05) is 54.1 Å². The van der Waals surface area contributed by atoms with E-state index in [-0.39, 0.29) is 5.69 Å². The minimum Gasteiger partial charge on any atom is -0.489 e. The number of carbonyl (C=O) groups is 2. The van der Waals surface area contributed by atoms with Crippen LogP contribution in [0, 0.1) is 0 Å². The lowest BCUT2D eigenvalue weighted by Crippen LogP contribution is -2.32. The summed E-state index contributed by atoms with van der Waals surface area (Å²) >= 11 is 5.53. The van der Waals surface area contributed by atoms with Crippen LogP contribution >= 0.6 is 11.6 Å². The molecule has 0 bridgehead atoms. The first-order chi connectivity index (χ1) is 15.7. The number of halogens is 4. The summed E-state index contributed by atoms with van der Waals surface area (Å²) in [5, 5.41) is 5.24. The fraction of sp³-hybridized carbons (Fsp3) is 0.0870. The first-order valence-electron chi connectivity index (χ1n) is 9.50. The van der Waals surface area contributed by atoms with E-state index in [1.54, 1.807) is 24.3 Å². The number of hydrogen-bond donors (Lipinski definition) is 2. The summed E-state index contributed by atoms with van der Waals surface area (Å²) in [6, 6.07) is 19.2. The van der Waals surface area contributed by atoms with Crippen molar-refractivity contribution < 1.29 is 27.5 Å². The van der Waals surface area contributed by atoms with E-state index in [0.717, 1.165) is 17.7 Å². The molecule has 3 aromatic rings. The Kier molecular flexibility index (Phi) is 7.68. The zero-order valence-electron chi connectivity index (χ0n) is 16.9. The second-order valence-corrected chi connectivity index (χ2v) is 7.10. The molecule has 3 aromatic carbocycles. The number of nitrogens with one attached hydrogen (secondary N) is 2. The van der Waals surface area contributed by atoms with Crippen molar-refractivity contribution in [2.45, 2.75) is 12.8 Å². The molecule has 0 saturated heterocycles. The van der Waals surface area contributed by atoms with E-state index in [4.69, 9.17) is 16.3 Å². The molecule has 0 heterocycles. The summed E-state index contributed by atoms with van der Waals surface area (Å²) in [6.07, 6.45) is -3.41. The highest BCUT2D eigenvalue weighted by atomic mass is 35.5. The number of ether oxygens (including phenoxy) is 1. The van der Waals surface area contributed by atoms with Gasteiger partial charge in [-0.3, -0.25) is 9.59 Å². The van der Waals surface area contributed by atoms with Gasteiger partial charge < -0.3 is 10.1 Å². The van der Waals surface area contributed by atoms with Gasteiger partial charge in [-0.2, -0.15) is 18.3 Å². The SMILES string of the molecule is O=C(N/N=C\c1cccc(OCc2ccccc2)c1)C(=O)Nc1ccc(Cl)c(C(F)(F)F)c1. The van der Waals surface area contributed by atoms with Crippen molar-refractivity contribution >= 4 is 35.3 Å². The summed E-state index contributed by atoms with van der Waals surface area (Å²) in [5.74, 6) is -1.77. The average molecular weight is 476 g/mol. The fourth-order valence-corrected chi connectivity index (χ4v) is 2.87. The van der Waals surface area contributed by atoms with Crippen LogP contribution in [-0.2, 0) is 22.4 Å². The van der Waals surface area contributed by atoms with Crippen molar-refractivity contribution in [2.24, 2.45) is 5.10 Å². The molecular formula is C23H17ClF3N3O3. The molecule has 0 spiro atoms. The highest BCUT2D eigenvalue weighted by Crippen LogP contribution is 2.36. The van der Waals surface area contributed by atoms with Crippen LogP contribution in [0.3, 0.4) is 0 Å². The summed E-state index contributed by atoms with van der Waals surface area (Å²) in [6.45, 7) is 0.374. The van der Waals surface area contributed by atoms with Crippen LogP contribution in [0.2, 0.25) is 5.02 Å². The summed E-state index contributed by atoms with van der Waals surface area (Å²) < 4.78 is 44.4. The molecule has 2 amide bonds. The number of alkyl halides is 3. The Balaban J connectivity index is 1.55. The van der Waals surface area contributed by atoms with Crippen molar-refractivity contribution in [1.82, 2.24) is 5.43 Å². The second-order valence-electron chi connectivity index (χ2n) is 6.69. The molecule has 0 aliphatic carbocycles. The minimum atomic E-state index is -4.70. The highest BCUT2D eigenvalue weighted by Gasteiger charge is 2.33. The fourth-order valence-electron chi connectivity index (χ4n) is 2.65. The molecule has 10 heteroatoms. The third-order valence-electron chi connectivity index (χ3n) is 4.22. The van der Waals surface area contributed by atoms with E-state index in [1.807, 2.05) is 35.8 Å². The zero-order valence-corrected chi connectivity index (χ0v) is 17.7. The van der Waals surface area contributed by atoms with Crippen molar-refractivity contribution in [1.29, 1.82) is 0 Å². The van der Waals surface area contributed by atoms with Crippen LogP contribution in [0.15, 0.2) is 77.9 Å². The van der Waals surface area contributed by atoms with Gasteiger partial charge in [0.2, 0.25) is 0 Å². The molecular weight excluding hydrogens is 459 g/mol. The minimum absolute atomic E-state index is 0.237. The van der Waals surface area contributed by atoms with Gasteiger partial charge in [0.15, 0.2) is 0 Å². The molecule has 2 N–H and O–H groups in total. The Morgan fingerprint density at radius 3 is 2.45 bits per heavy atom. The van der Waals surface area contributed by atoms with Gasteiger partial charge in [0.1, 0.15) is 12.4 Å². The van der Waals surface area contributed by atoms with Gasteiger partial charge in [-0.25, -0.2) is 5.43 Å². The Hall–Kier alpha value is -3.85. The molecule has 6 nitrogen and oxygen atoms in total. The predicted molar refractivity (Wildman–Crippen MR) is 118 cm³/mol. The topological polar surface area (TPSA) is 79.8 Å². The molecule has 0 fully saturated rings. The van der Waals surface area contributed by atoms with Crippen molar-refractivity contribution in [3.8, 4) is 5.75 Å². The molecule has 0 saturated carbocycles. The lowest BCUT2D eigenvalue weighted by Gasteiger charge is -2.11. The lowest BCUT2D eigenvalue weighted by atomic mass is 10.2. The average Bonchev–Trinajstić information content (AvgIpc) is 2.79. The normalized spacial score (nSPS) is 11.3. The lowest BCUT2D eigenvalue weighted by molar-refractivity contribution is -0.137. The van der Waals surface area contributed by atoms with Crippen molar-refractivity contribution in [3.05, 3.63) is 94.5 Å². The number of anilines is 1. The van der Waals surface area contributed by atoms with E-state index in [1.165, 1.54) is 6.21 Å². The summed E-state index contributed by atoms with van der Waals surface area (Å²) in [7, 11) is 0. The predicted octanol–water partition coefficient (Wildman–Crippen LogP) is 5.03. The van der Waals surface area contributed by atoms with E-state index in [0.29, 0.717) is 24.0 Å². The van der Waals surface area contributed by atoms with E-state index in [2.05, 4.69) is 10.4 Å². The molecule has 170 valence electrons. The second kappa shape index (κ2) is 10.6. The Labute approximate surface area is 192 Å². The number of amides is 2. The Morgan fingerprint density at radius 2 is 1.73 bits per heavy atom. The standard InChI is InChI=1S/C23H17ClF3N3O3/c24-20-10-9-17(12-19(20)23(25,26)27)29-21(31)22(32)30-28-13-16-7-4-8-18(11-16)33-14-15-5-2-1-3-6-15/h1-13H,14H2,(H,29,31)(H,30,32)/b28-13-. The van der Waals surface area contributed by atoms with Crippen LogP contribution in [0.4, 0.5) is 18.9 Å². The van der Waals surface area contributed by atoms with Crippen LogP contribution in [0.1, 0.15) is 16.7 Å². The first kappa shape index (κ1) is 23.8. The van der Waals surface area contributed by atoms with Crippen molar-refractivity contribution in [3.63, 3.8) is 0 Å². The summed E-state index contributed by atoms with van der Waals surface area (Å²) in [5.41, 5.74) is 2.24. The van der Waals surface area contributed by atoms with Crippen LogP contribution in [0.25, 0.3) is 0 Å². The Bertz CT molecular complexity index is 1170. The van der Waals surface area contributed by atoms with Gasteiger partial charge in [0.05, 0.1) is 16.8 Å². The van der Waals surface area contributed by atoms with Crippen LogP contribution in [-0.4, -0.2) is 18.0 Å². The monoisotopic (exact) mass is 475 g/mol. The maximum atomic E-state index is 12.9. The number of carbonyl (C=O) groups excluding carboxylic acids is 2. The number of rotatable bonds is 6. The van der Waals surface area contributed by atoms with Gasteiger partial charge in [-0.15, -0.1) is 0 Å². The van der Waals surface area contributed by atoms with E-state index >= 15 is 0 Å². The van der Waals surface area contributed by atoms with Gasteiger partial charge in [-0.05, 0) is 41.5 Å². The summed E-state index contributed by atoms with van der Waals surface area (Å²) in [4.78, 5) is 23.8. The zero-order chi connectivity index (χ0) is 23.8. The molecule has 0 atom stereocenters. The Morgan fingerprint density at radius 1 is 0.970 bits per heavy atom.